The maximum Gasteiger partial charge on any atom is 0.306 e. The Bertz CT molecular complexity index is 1170. The minimum Gasteiger partial charge on any atom is -0.462 e. The monoisotopic (exact) mass is 983 g/mol. The van der Waals surface area contributed by atoms with E-state index in [1.165, 1.54) is 218 Å². The van der Waals surface area contributed by atoms with Crippen LogP contribution in [0.3, 0.4) is 0 Å². The number of esters is 3. The van der Waals surface area contributed by atoms with Crippen molar-refractivity contribution in [3.05, 3.63) is 36.5 Å². The molecule has 0 rings (SSSR count). The molecule has 0 radical (unpaired) electrons. The fraction of sp³-hybridized carbons (Fsp3) is 0.859. The molecule has 1 atom stereocenters. The van der Waals surface area contributed by atoms with Gasteiger partial charge < -0.3 is 14.2 Å². The van der Waals surface area contributed by atoms with E-state index in [-0.39, 0.29) is 31.1 Å². The van der Waals surface area contributed by atoms with Gasteiger partial charge in [-0.05, 0) is 57.8 Å². The molecule has 0 spiro atoms. The van der Waals surface area contributed by atoms with Crippen LogP contribution in [0.2, 0.25) is 0 Å². The summed E-state index contributed by atoms with van der Waals surface area (Å²) in [6.07, 6.45) is 71.5. The molecular weight excluding hydrogens is 865 g/mol. The first kappa shape index (κ1) is 67.6. The Labute approximate surface area is 435 Å². The molecule has 0 fully saturated rings. The van der Waals surface area contributed by atoms with Crippen LogP contribution >= 0.6 is 0 Å². The summed E-state index contributed by atoms with van der Waals surface area (Å²) in [6, 6.07) is 0. The topological polar surface area (TPSA) is 78.9 Å². The van der Waals surface area contributed by atoms with E-state index in [9.17, 15) is 14.4 Å². The molecular formula is C64H118O6. The van der Waals surface area contributed by atoms with E-state index in [0.29, 0.717) is 19.3 Å². The van der Waals surface area contributed by atoms with E-state index in [2.05, 4.69) is 57.2 Å². The highest BCUT2D eigenvalue weighted by atomic mass is 16.6. The van der Waals surface area contributed by atoms with Gasteiger partial charge in [-0.3, -0.25) is 14.4 Å². The number of carbonyl (C=O) groups excluding carboxylic acids is 3. The second-order valence-electron chi connectivity index (χ2n) is 21.0. The molecule has 0 amide bonds. The molecule has 0 saturated heterocycles. The van der Waals surface area contributed by atoms with E-state index in [0.717, 1.165) is 77.0 Å². The van der Waals surface area contributed by atoms with Crippen LogP contribution in [0.1, 0.15) is 335 Å². The lowest BCUT2D eigenvalue weighted by Gasteiger charge is -2.18. The fourth-order valence-corrected chi connectivity index (χ4v) is 9.22. The Morgan fingerprint density at radius 3 is 0.829 bits per heavy atom. The van der Waals surface area contributed by atoms with Crippen LogP contribution in [0.4, 0.5) is 0 Å². The third-order valence-electron chi connectivity index (χ3n) is 13.9. The van der Waals surface area contributed by atoms with Gasteiger partial charge in [0.15, 0.2) is 6.10 Å². The largest absolute Gasteiger partial charge is 0.462 e. The highest BCUT2D eigenvalue weighted by molar-refractivity contribution is 5.71. The van der Waals surface area contributed by atoms with Crippen molar-refractivity contribution in [2.24, 2.45) is 0 Å². The van der Waals surface area contributed by atoms with Gasteiger partial charge in [-0.2, -0.15) is 0 Å². The summed E-state index contributed by atoms with van der Waals surface area (Å²) in [5.74, 6) is -0.866. The van der Waals surface area contributed by atoms with Crippen molar-refractivity contribution in [1.29, 1.82) is 0 Å². The second-order valence-corrected chi connectivity index (χ2v) is 21.0. The zero-order chi connectivity index (χ0) is 50.7. The van der Waals surface area contributed by atoms with Gasteiger partial charge in [0.1, 0.15) is 13.2 Å². The zero-order valence-electron chi connectivity index (χ0n) is 47.1. The lowest BCUT2D eigenvalue weighted by atomic mass is 10.0. The Kier molecular flexibility index (Phi) is 57.2. The van der Waals surface area contributed by atoms with Gasteiger partial charge in [-0.25, -0.2) is 0 Å². The highest BCUT2D eigenvalue weighted by Gasteiger charge is 2.19. The van der Waals surface area contributed by atoms with Crippen LogP contribution in [0.25, 0.3) is 0 Å². The summed E-state index contributed by atoms with van der Waals surface area (Å²) < 4.78 is 16.9. The third-order valence-corrected chi connectivity index (χ3v) is 13.9. The molecule has 0 aromatic carbocycles. The molecule has 0 aromatic heterocycles. The molecule has 0 saturated carbocycles. The number of carbonyl (C=O) groups is 3. The Morgan fingerprint density at radius 1 is 0.286 bits per heavy atom. The van der Waals surface area contributed by atoms with Gasteiger partial charge in [0, 0.05) is 19.3 Å². The van der Waals surface area contributed by atoms with E-state index in [4.69, 9.17) is 14.2 Å². The first-order valence-corrected chi connectivity index (χ1v) is 31.0. The van der Waals surface area contributed by atoms with E-state index >= 15 is 0 Å². The van der Waals surface area contributed by atoms with Gasteiger partial charge in [0.25, 0.3) is 0 Å². The van der Waals surface area contributed by atoms with Gasteiger partial charge in [0.2, 0.25) is 0 Å². The van der Waals surface area contributed by atoms with Crippen LogP contribution < -0.4 is 0 Å². The van der Waals surface area contributed by atoms with Gasteiger partial charge >= 0.3 is 17.9 Å². The van der Waals surface area contributed by atoms with Crippen molar-refractivity contribution in [2.45, 2.75) is 341 Å². The third kappa shape index (κ3) is 56.5. The maximum atomic E-state index is 12.9. The molecule has 0 aliphatic rings. The van der Waals surface area contributed by atoms with E-state index in [1.54, 1.807) is 0 Å². The quantitative estimate of drug-likeness (QED) is 0.0261. The van der Waals surface area contributed by atoms with Crippen LogP contribution in [-0.2, 0) is 28.6 Å². The second kappa shape index (κ2) is 59.2. The van der Waals surface area contributed by atoms with Crippen molar-refractivity contribution in [3.63, 3.8) is 0 Å². The summed E-state index contributed by atoms with van der Waals surface area (Å²) >= 11 is 0. The van der Waals surface area contributed by atoms with Crippen LogP contribution in [-0.4, -0.2) is 37.2 Å². The fourth-order valence-electron chi connectivity index (χ4n) is 9.22. The summed E-state index contributed by atoms with van der Waals surface area (Å²) in [5, 5.41) is 0. The Hall–Kier alpha value is -2.37. The number of rotatable bonds is 57. The van der Waals surface area contributed by atoms with Crippen molar-refractivity contribution >= 4 is 17.9 Å². The first-order valence-electron chi connectivity index (χ1n) is 31.0. The average molecular weight is 984 g/mol. The van der Waals surface area contributed by atoms with E-state index in [1.807, 2.05) is 0 Å². The number of ether oxygens (including phenoxy) is 3. The van der Waals surface area contributed by atoms with Crippen LogP contribution in [0.5, 0.6) is 0 Å². The minimum atomic E-state index is -0.775. The van der Waals surface area contributed by atoms with E-state index < -0.39 is 6.10 Å². The summed E-state index contributed by atoms with van der Waals surface area (Å²) in [5.41, 5.74) is 0. The standard InChI is InChI=1S/C64H118O6/c1-4-7-10-13-16-19-22-24-26-28-30-31-32-33-35-36-38-40-42-45-48-51-54-57-63(66)69-60-61(59-68-62(65)56-53-50-47-44-21-18-15-12-9-6-3)70-64(67)58-55-52-49-46-43-41-39-37-34-29-27-25-23-20-17-14-11-8-5-2/h17,20,25,27,34,37,61H,4-16,18-19,21-24,26,28-33,35-36,38-60H2,1-3H3/b20-17-,27-25-,37-34-. The smallest absolute Gasteiger partial charge is 0.306 e. The molecule has 0 aliphatic carbocycles. The minimum absolute atomic E-state index is 0.0727. The SMILES string of the molecule is CCCCC/C=C\C/C=C\C/C=C\CCCCCCCCC(=O)OC(COC(=O)CCCCCCCCCCCC)COC(=O)CCCCCCCCCCCCCCCCCCCCCCCCC. The molecule has 410 valence electrons. The molecule has 6 heteroatoms. The van der Waals surface area contributed by atoms with Gasteiger partial charge in [0.05, 0.1) is 0 Å². The summed E-state index contributed by atoms with van der Waals surface area (Å²) in [7, 11) is 0. The first-order chi connectivity index (χ1) is 34.5. The lowest BCUT2D eigenvalue weighted by Crippen LogP contribution is -2.30. The molecule has 0 bridgehead atoms. The highest BCUT2D eigenvalue weighted by Crippen LogP contribution is 2.17. The predicted octanol–water partition coefficient (Wildman–Crippen LogP) is 20.8. The number of hydrogen-bond acceptors (Lipinski definition) is 6. The molecule has 70 heavy (non-hydrogen) atoms. The van der Waals surface area contributed by atoms with Crippen molar-refractivity contribution < 1.29 is 28.6 Å². The maximum absolute atomic E-state index is 12.9. The molecule has 6 nitrogen and oxygen atoms in total. The lowest BCUT2D eigenvalue weighted by molar-refractivity contribution is -0.167. The molecule has 0 N–H and O–H groups in total. The van der Waals surface area contributed by atoms with Crippen LogP contribution in [0.15, 0.2) is 36.5 Å². The number of unbranched alkanes of at least 4 members (excludes halogenated alkanes) is 40. The van der Waals surface area contributed by atoms with Crippen molar-refractivity contribution in [1.82, 2.24) is 0 Å². The number of allylic oxidation sites excluding steroid dienone is 6. The molecule has 0 aliphatic heterocycles. The van der Waals surface area contributed by atoms with Gasteiger partial charge in [-0.1, -0.05) is 295 Å². The molecule has 1 unspecified atom stereocenters. The van der Waals surface area contributed by atoms with Gasteiger partial charge in [-0.15, -0.1) is 0 Å². The van der Waals surface area contributed by atoms with Crippen molar-refractivity contribution in [3.8, 4) is 0 Å². The number of hydrogen-bond donors (Lipinski definition) is 0. The zero-order valence-corrected chi connectivity index (χ0v) is 47.1. The average Bonchev–Trinajstić information content (AvgIpc) is 3.36. The summed E-state index contributed by atoms with van der Waals surface area (Å²) in [4.78, 5) is 38.2. The molecule has 0 aromatic rings. The predicted molar refractivity (Wildman–Crippen MR) is 302 cm³/mol. The Balaban J connectivity index is 4.23. The summed E-state index contributed by atoms with van der Waals surface area (Å²) in [6.45, 7) is 6.64. The van der Waals surface area contributed by atoms with Crippen LogP contribution in [0, 0.1) is 0 Å². The Morgan fingerprint density at radius 2 is 0.514 bits per heavy atom. The molecule has 0 heterocycles. The van der Waals surface area contributed by atoms with Crippen molar-refractivity contribution in [2.75, 3.05) is 13.2 Å². The normalized spacial score (nSPS) is 12.2.